The second-order valence-corrected chi connectivity index (χ2v) is 3.54. The Morgan fingerprint density at radius 3 is 2.69 bits per heavy atom. The van der Waals surface area contributed by atoms with Gasteiger partial charge in [-0.1, -0.05) is 0 Å². The molecule has 1 aliphatic rings. The van der Waals surface area contributed by atoms with E-state index in [4.69, 9.17) is 9.84 Å². The van der Waals surface area contributed by atoms with Crippen LogP contribution in [0.4, 0.5) is 9.18 Å². The number of hydrogen-bond acceptors (Lipinski definition) is 4. The van der Waals surface area contributed by atoms with Gasteiger partial charge in [-0.3, -0.25) is 0 Å². The fourth-order valence-corrected chi connectivity index (χ4v) is 1.46. The van der Waals surface area contributed by atoms with Crippen molar-refractivity contribution in [2.45, 2.75) is 25.0 Å². The van der Waals surface area contributed by atoms with Crippen molar-refractivity contribution in [3.05, 3.63) is 18.2 Å². The topological polar surface area (TPSA) is 84.3 Å². The Morgan fingerprint density at radius 2 is 2.12 bits per heavy atom. The van der Waals surface area contributed by atoms with E-state index in [1.165, 1.54) is 0 Å². The van der Waals surface area contributed by atoms with E-state index in [-0.39, 0.29) is 18.2 Å². The Labute approximate surface area is 90.5 Å². The molecule has 6 nitrogen and oxygen atoms in total. The minimum atomic E-state index is -1.04. The summed E-state index contributed by atoms with van der Waals surface area (Å²) < 4.78 is 17.8. The Balaban J connectivity index is 1.77. The van der Waals surface area contributed by atoms with E-state index in [2.05, 4.69) is 15.3 Å². The molecule has 0 bridgehead atoms. The van der Waals surface area contributed by atoms with Crippen LogP contribution < -0.4 is 10.1 Å². The van der Waals surface area contributed by atoms with Crippen LogP contribution in [0.1, 0.15) is 12.8 Å². The van der Waals surface area contributed by atoms with Gasteiger partial charge >= 0.3 is 12.1 Å². The maximum atomic E-state index is 12.5. The zero-order valence-corrected chi connectivity index (χ0v) is 8.26. The molecule has 16 heavy (non-hydrogen) atoms. The Bertz CT molecular complexity index is 378. The van der Waals surface area contributed by atoms with Crippen LogP contribution in [0, 0.1) is 5.82 Å². The SMILES string of the molecule is O=C(O)N[C@H]1C[C@H](Oc2ncc(F)cn2)C1. The molecule has 0 saturated heterocycles. The van der Waals surface area contributed by atoms with Gasteiger partial charge in [-0.25, -0.2) is 19.2 Å². The fraction of sp³-hybridized carbons (Fsp3) is 0.444. The summed E-state index contributed by atoms with van der Waals surface area (Å²) in [7, 11) is 0. The molecule has 0 atom stereocenters. The molecule has 1 aliphatic carbocycles. The number of ether oxygens (including phenoxy) is 1. The van der Waals surface area contributed by atoms with E-state index >= 15 is 0 Å². The summed E-state index contributed by atoms with van der Waals surface area (Å²) in [6.07, 6.45) is 2.05. The van der Waals surface area contributed by atoms with Crippen LogP contribution in [0.3, 0.4) is 0 Å². The van der Waals surface area contributed by atoms with E-state index in [9.17, 15) is 9.18 Å². The van der Waals surface area contributed by atoms with Crippen LogP contribution in [-0.2, 0) is 0 Å². The normalized spacial score (nSPS) is 23.3. The smallest absolute Gasteiger partial charge is 0.404 e. The van der Waals surface area contributed by atoms with Crippen molar-refractivity contribution in [3.63, 3.8) is 0 Å². The van der Waals surface area contributed by atoms with Crippen LogP contribution in [0.15, 0.2) is 12.4 Å². The third kappa shape index (κ3) is 2.56. The van der Waals surface area contributed by atoms with E-state index < -0.39 is 11.9 Å². The van der Waals surface area contributed by atoms with Crippen LogP contribution in [0.5, 0.6) is 6.01 Å². The number of halogens is 1. The molecule has 2 N–H and O–H groups in total. The Morgan fingerprint density at radius 1 is 1.50 bits per heavy atom. The number of nitrogens with one attached hydrogen (secondary N) is 1. The van der Waals surface area contributed by atoms with Gasteiger partial charge in [0, 0.05) is 18.9 Å². The van der Waals surface area contributed by atoms with Gasteiger partial charge in [-0.2, -0.15) is 0 Å². The molecule has 1 aromatic heterocycles. The number of rotatable bonds is 3. The van der Waals surface area contributed by atoms with Crippen molar-refractivity contribution in [1.29, 1.82) is 0 Å². The number of aromatic nitrogens is 2. The lowest BCUT2D eigenvalue weighted by molar-refractivity contribution is 0.0745. The summed E-state index contributed by atoms with van der Waals surface area (Å²) in [6.45, 7) is 0. The standard InChI is InChI=1S/C9H10FN3O3/c10-5-3-11-8(12-4-5)16-7-1-6(2-7)13-9(14)15/h3-4,6-7,13H,1-2H2,(H,14,15)/t6-,7-. The Kier molecular flexibility index (Phi) is 2.84. The van der Waals surface area contributed by atoms with Crippen molar-refractivity contribution in [1.82, 2.24) is 15.3 Å². The number of hydrogen-bond donors (Lipinski definition) is 2. The van der Waals surface area contributed by atoms with Gasteiger partial charge in [0.25, 0.3) is 0 Å². The molecule has 2 rings (SSSR count). The first-order chi connectivity index (χ1) is 7.63. The molecular formula is C9H10FN3O3. The van der Waals surface area contributed by atoms with Crippen molar-refractivity contribution in [2.75, 3.05) is 0 Å². The first kappa shape index (κ1) is 10.6. The highest BCUT2D eigenvalue weighted by atomic mass is 19.1. The van der Waals surface area contributed by atoms with Crippen LogP contribution >= 0.6 is 0 Å². The third-order valence-corrected chi connectivity index (χ3v) is 2.29. The highest BCUT2D eigenvalue weighted by Crippen LogP contribution is 2.23. The molecule has 0 aliphatic heterocycles. The van der Waals surface area contributed by atoms with Gasteiger partial charge in [-0.15, -0.1) is 0 Å². The van der Waals surface area contributed by atoms with E-state index in [0.717, 1.165) is 12.4 Å². The van der Waals surface area contributed by atoms with Crippen molar-refractivity contribution < 1.29 is 19.0 Å². The number of nitrogens with zero attached hydrogens (tertiary/aromatic N) is 2. The summed E-state index contributed by atoms with van der Waals surface area (Å²) in [5.41, 5.74) is 0. The molecule has 1 saturated carbocycles. The minimum absolute atomic E-state index is 0.0806. The van der Waals surface area contributed by atoms with Gasteiger partial charge < -0.3 is 15.2 Å². The molecule has 0 radical (unpaired) electrons. The van der Waals surface area contributed by atoms with Crippen LogP contribution in [0.2, 0.25) is 0 Å². The lowest BCUT2D eigenvalue weighted by Crippen LogP contribution is -2.48. The zero-order valence-electron chi connectivity index (χ0n) is 8.26. The molecule has 1 fully saturated rings. The maximum absolute atomic E-state index is 12.5. The number of amides is 1. The van der Waals surface area contributed by atoms with Crippen molar-refractivity contribution in [3.8, 4) is 6.01 Å². The predicted molar refractivity (Wildman–Crippen MR) is 50.6 cm³/mol. The van der Waals surface area contributed by atoms with Gasteiger partial charge in [0.15, 0.2) is 5.82 Å². The number of carbonyl (C=O) groups is 1. The first-order valence-electron chi connectivity index (χ1n) is 4.77. The molecule has 1 amide bonds. The average molecular weight is 227 g/mol. The summed E-state index contributed by atoms with van der Waals surface area (Å²) >= 11 is 0. The molecule has 86 valence electrons. The molecular weight excluding hydrogens is 217 g/mol. The molecule has 0 unspecified atom stereocenters. The quantitative estimate of drug-likeness (QED) is 0.797. The van der Waals surface area contributed by atoms with Crippen molar-refractivity contribution >= 4 is 6.09 Å². The lowest BCUT2D eigenvalue weighted by Gasteiger charge is -2.34. The zero-order chi connectivity index (χ0) is 11.5. The van der Waals surface area contributed by atoms with Gasteiger partial charge in [0.2, 0.25) is 0 Å². The summed E-state index contributed by atoms with van der Waals surface area (Å²) in [4.78, 5) is 17.6. The third-order valence-electron chi connectivity index (χ3n) is 2.29. The van der Waals surface area contributed by atoms with Crippen LogP contribution in [0.25, 0.3) is 0 Å². The molecule has 1 heterocycles. The molecule has 0 spiro atoms. The minimum Gasteiger partial charge on any atom is -0.465 e. The summed E-state index contributed by atoms with van der Waals surface area (Å²) in [5.74, 6) is -0.522. The van der Waals surface area contributed by atoms with Gasteiger partial charge in [-0.05, 0) is 0 Å². The first-order valence-corrected chi connectivity index (χ1v) is 4.77. The van der Waals surface area contributed by atoms with Crippen LogP contribution in [-0.4, -0.2) is 33.3 Å². The average Bonchev–Trinajstić information content (AvgIpc) is 2.17. The van der Waals surface area contributed by atoms with Gasteiger partial charge in [0.05, 0.1) is 12.4 Å². The number of carboxylic acid groups (broad SMARTS) is 1. The van der Waals surface area contributed by atoms with Crippen molar-refractivity contribution in [2.24, 2.45) is 0 Å². The highest BCUT2D eigenvalue weighted by Gasteiger charge is 2.32. The molecule has 0 aromatic carbocycles. The Hall–Kier alpha value is -1.92. The monoisotopic (exact) mass is 227 g/mol. The maximum Gasteiger partial charge on any atom is 0.404 e. The second kappa shape index (κ2) is 4.30. The second-order valence-electron chi connectivity index (χ2n) is 3.54. The summed E-state index contributed by atoms with van der Waals surface area (Å²) in [5, 5.41) is 10.8. The predicted octanol–water partition coefficient (Wildman–Crippen LogP) is 0.793. The van der Waals surface area contributed by atoms with E-state index in [1.807, 2.05) is 0 Å². The van der Waals surface area contributed by atoms with E-state index in [1.54, 1.807) is 0 Å². The molecule has 1 aromatic rings. The van der Waals surface area contributed by atoms with Gasteiger partial charge in [0.1, 0.15) is 6.10 Å². The lowest BCUT2D eigenvalue weighted by atomic mass is 9.89. The summed E-state index contributed by atoms with van der Waals surface area (Å²) in [6, 6.07) is 0.0307. The largest absolute Gasteiger partial charge is 0.465 e. The van der Waals surface area contributed by atoms with E-state index in [0.29, 0.717) is 12.8 Å². The highest BCUT2D eigenvalue weighted by molar-refractivity contribution is 5.65. The fourth-order valence-electron chi connectivity index (χ4n) is 1.46. The molecule has 7 heteroatoms.